The predicted octanol–water partition coefficient (Wildman–Crippen LogP) is 6.29. The van der Waals surface area contributed by atoms with Gasteiger partial charge in [0.1, 0.15) is 12.0 Å². The smallest absolute Gasteiger partial charge is 0.273 e. The van der Waals surface area contributed by atoms with Crippen molar-refractivity contribution >= 4 is 5.91 Å². The van der Waals surface area contributed by atoms with E-state index in [0.717, 1.165) is 31.4 Å². The van der Waals surface area contributed by atoms with Gasteiger partial charge in [-0.15, -0.1) is 0 Å². The highest BCUT2D eigenvalue weighted by atomic mass is 16.5. The molecule has 0 radical (unpaired) electrons. The zero-order chi connectivity index (χ0) is 25.5. The van der Waals surface area contributed by atoms with E-state index in [1.807, 2.05) is 13.8 Å². The number of nitrogens with two attached hydrogens (primary N) is 1. The van der Waals surface area contributed by atoms with E-state index in [1.165, 1.54) is 17.4 Å². The summed E-state index contributed by atoms with van der Waals surface area (Å²) < 4.78 is 11.6. The largest absolute Gasteiger partial charge is 0.493 e. The van der Waals surface area contributed by atoms with Crippen LogP contribution in [0.5, 0.6) is 5.75 Å². The van der Waals surface area contributed by atoms with Gasteiger partial charge in [-0.1, -0.05) is 67.5 Å². The van der Waals surface area contributed by atoms with Crippen molar-refractivity contribution in [2.45, 2.75) is 97.9 Å². The second-order valence-electron chi connectivity index (χ2n) is 10.8. The molecular formula is C28H45N3O3. The van der Waals surface area contributed by atoms with Crippen LogP contribution in [0, 0.1) is 5.92 Å². The maximum absolute atomic E-state index is 12.3. The van der Waals surface area contributed by atoms with Gasteiger partial charge < -0.3 is 20.2 Å². The number of hydrogen-bond donors (Lipinski definition) is 2. The third-order valence-electron chi connectivity index (χ3n) is 7.13. The van der Waals surface area contributed by atoms with Gasteiger partial charge in [0.05, 0.1) is 12.6 Å². The molecule has 34 heavy (non-hydrogen) atoms. The van der Waals surface area contributed by atoms with Crippen LogP contribution in [-0.2, 0) is 10.8 Å². The van der Waals surface area contributed by atoms with Gasteiger partial charge in [0.2, 0.25) is 5.89 Å². The lowest BCUT2D eigenvalue weighted by atomic mass is 9.76. The maximum Gasteiger partial charge on any atom is 0.273 e. The van der Waals surface area contributed by atoms with Crippen LogP contribution in [0.2, 0.25) is 0 Å². The molecule has 3 N–H and O–H groups in total. The molecule has 0 bridgehead atoms. The fourth-order valence-corrected chi connectivity index (χ4v) is 3.53. The monoisotopic (exact) mass is 471 g/mol. The normalized spacial score (nSPS) is 13.2. The highest BCUT2D eigenvalue weighted by Gasteiger charge is 2.26. The average Bonchev–Trinajstić information content (AvgIpc) is 3.30. The van der Waals surface area contributed by atoms with Crippen LogP contribution in [0.25, 0.3) is 0 Å². The van der Waals surface area contributed by atoms with Crippen molar-refractivity contribution in [3.63, 3.8) is 0 Å². The number of unbranched alkanes of at least 4 members (excludes halogenated alkanes) is 1. The SMILES string of the molecule is CCC(C)(C)c1ccc(OCCCCNC(=O)c2coc(C(N)C(C)C)n2)c(C(C)(C)CC)c1. The van der Waals surface area contributed by atoms with Crippen LogP contribution in [-0.4, -0.2) is 24.0 Å². The van der Waals surface area contributed by atoms with Gasteiger partial charge in [0.15, 0.2) is 5.69 Å². The highest BCUT2D eigenvalue weighted by molar-refractivity contribution is 5.91. The lowest BCUT2D eigenvalue weighted by molar-refractivity contribution is 0.0947. The number of carbonyl (C=O) groups excluding carboxylic acids is 1. The molecule has 1 unspecified atom stereocenters. The molecule has 0 aliphatic carbocycles. The van der Waals surface area contributed by atoms with Crippen LogP contribution in [0.1, 0.15) is 115 Å². The lowest BCUT2D eigenvalue weighted by Gasteiger charge is -2.30. The molecule has 0 aliphatic rings. The molecule has 1 heterocycles. The summed E-state index contributed by atoms with van der Waals surface area (Å²) in [5.41, 5.74) is 9.10. The fourth-order valence-electron chi connectivity index (χ4n) is 3.53. The van der Waals surface area contributed by atoms with Gasteiger partial charge >= 0.3 is 0 Å². The molecule has 6 nitrogen and oxygen atoms in total. The number of hydrogen-bond acceptors (Lipinski definition) is 5. The van der Waals surface area contributed by atoms with Gasteiger partial charge in [0.25, 0.3) is 5.91 Å². The summed E-state index contributed by atoms with van der Waals surface area (Å²) in [5, 5.41) is 2.90. The molecule has 0 saturated carbocycles. The first-order valence-electron chi connectivity index (χ1n) is 12.7. The van der Waals surface area contributed by atoms with Crippen molar-refractivity contribution in [1.82, 2.24) is 10.3 Å². The van der Waals surface area contributed by atoms with Gasteiger partial charge in [-0.25, -0.2) is 4.98 Å². The molecular weight excluding hydrogens is 426 g/mol. The first kappa shape index (κ1) is 27.9. The van der Waals surface area contributed by atoms with Crippen molar-refractivity contribution < 1.29 is 13.9 Å². The molecule has 190 valence electrons. The minimum absolute atomic E-state index is 0.0394. The molecule has 1 amide bonds. The molecule has 0 aliphatic heterocycles. The van der Waals surface area contributed by atoms with Crippen LogP contribution in [0.4, 0.5) is 0 Å². The second kappa shape index (κ2) is 11.9. The number of aromatic nitrogens is 1. The van der Waals surface area contributed by atoms with Crippen molar-refractivity contribution in [3.8, 4) is 5.75 Å². The number of nitrogens with one attached hydrogen (secondary N) is 1. The Hall–Kier alpha value is -2.34. The van der Waals surface area contributed by atoms with Gasteiger partial charge in [-0.2, -0.15) is 0 Å². The number of rotatable bonds is 13. The van der Waals surface area contributed by atoms with E-state index < -0.39 is 0 Å². The predicted molar refractivity (Wildman–Crippen MR) is 138 cm³/mol. The minimum atomic E-state index is -0.316. The molecule has 0 saturated heterocycles. The number of amides is 1. The zero-order valence-electron chi connectivity index (χ0n) is 22.5. The summed E-state index contributed by atoms with van der Waals surface area (Å²) in [6, 6.07) is 6.35. The summed E-state index contributed by atoms with van der Waals surface area (Å²) in [6.07, 6.45) is 5.16. The standard InChI is InChI=1S/C28H45N3O3/c1-9-27(5,6)20-13-14-23(21(17-20)28(7,8)10-2)33-16-12-11-15-30-25(32)22-18-34-26(31-22)24(29)19(3)4/h13-14,17-19,24H,9-12,15-16,29H2,1-8H3,(H,30,32). The topological polar surface area (TPSA) is 90.4 Å². The van der Waals surface area contributed by atoms with Crippen molar-refractivity contribution in [3.05, 3.63) is 47.2 Å². The number of carbonyl (C=O) groups is 1. The zero-order valence-corrected chi connectivity index (χ0v) is 22.5. The first-order valence-corrected chi connectivity index (χ1v) is 12.7. The van der Waals surface area contributed by atoms with E-state index in [2.05, 4.69) is 70.0 Å². The van der Waals surface area contributed by atoms with E-state index in [-0.39, 0.29) is 34.4 Å². The summed E-state index contributed by atoms with van der Waals surface area (Å²) in [5.74, 6) is 1.30. The van der Waals surface area contributed by atoms with E-state index in [9.17, 15) is 4.79 Å². The van der Waals surface area contributed by atoms with E-state index >= 15 is 0 Å². The number of benzene rings is 1. The molecule has 1 aromatic carbocycles. The Morgan fingerprint density at radius 3 is 2.41 bits per heavy atom. The Morgan fingerprint density at radius 2 is 1.79 bits per heavy atom. The fraction of sp³-hybridized carbons (Fsp3) is 0.643. The Labute approximate surface area is 206 Å². The van der Waals surface area contributed by atoms with E-state index in [4.69, 9.17) is 14.9 Å². The van der Waals surface area contributed by atoms with Gasteiger partial charge in [-0.3, -0.25) is 4.79 Å². The summed E-state index contributed by atoms with van der Waals surface area (Å²) in [7, 11) is 0. The Kier molecular flexibility index (Phi) is 9.74. The van der Waals surface area contributed by atoms with Crippen molar-refractivity contribution in [1.29, 1.82) is 0 Å². The van der Waals surface area contributed by atoms with Crippen LogP contribution in [0.15, 0.2) is 28.9 Å². The summed E-state index contributed by atoms with van der Waals surface area (Å²) in [4.78, 5) is 16.6. The van der Waals surface area contributed by atoms with Crippen LogP contribution in [0.3, 0.4) is 0 Å². The van der Waals surface area contributed by atoms with Crippen LogP contribution >= 0.6 is 0 Å². The Bertz CT molecular complexity index is 931. The maximum atomic E-state index is 12.3. The molecule has 2 rings (SSSR count). The number of nitrogens with zero attached hydrogens (tertiary/aromatic N) is 1. The summed E-state index contributed by atoms with van der Waals surface area (Å²) >= 11 is 0. The average molecular weight is 472 g/mol. The Morgan fingerprint density at radius 1 is 1.12 bits per heavy atom. The number of oxazole rings is 1. The third kappa shape index (κ3) is 7.08. The molecule has 2 aromatic rings. The second-order valence-corrected chi connectivity index (χ2v) is 10.8. The van der Waals surface area contributed by atoms with E-state index in [1.54, 1.807) is 0 Å². The molecule has 0 fully saturated rings. The first-order chi connectivity index (χ1) is 15.9. The van der Waals surface area contributed by atoms with E-state index in [0.29, 0.717) is 19.0 Å². The van der Waals surface area contributed by atoms with Crippen molar-refractivity contribution in [2.75, 3.05) is 13.2 Å². The molecule has 1 aromatic heterocycles. The van der Waals surface area contributed by atoms with Gasteiger partial charge in [-0.05, 0) is 54.1 Å². The number of ether oxygens (including phenoxy) is 1. The van der Waals surface area contributed by atoms with Crippen molar-refractivity contribution in [2.24, 2.45) is 11.7 Å². The minimum Gasteiger partial charge on any atom is -0.493 e. The lowest BCUT2D eigenvalue weighted by Crippen LogP contribution is -2.25. The molecule has 0 spiro atoms. The Balaban J connectivity index is 1.88. The van der Waals surface area contributed by atoms with Gasteiger partial charge in [0, 0.05) is 12.1 Å². The molecule has 6 heteroatoms. The summed E-state index contributed by atoms with van der Waals surface area (Å²) in [6.45, 7) is 18.7. The third-order valence-corrected chi connectivity index (χ3v) is 7.13. The molecule has 1 atom stereocenters. The quantitative estimate of drug-likeness (QED) is 0.335. The van der Waals surface area contributed by atoms with Crippen LogP contribution < -0.4 is 15.8 Å². The highest BCUT2D eigenvalue weighted by Crippen LogP contribution is 2.38.